The molecular formula is C26H25F4N5O2. The number of nitrogens with one attached hydrogen (secondary N) is 2. The van der Waals surface area contributed by atoms with Gasteiger partial charge in [0.05, 0.1) is 5.56 Å². The molecule has 4 aromatic rings. The van der Waals surface area contributed by atoms with Gasteiger partial charge in [-0.15, -0.1) is 0 Å². The number of hydrogen-bond donors (Lipinski definition) is 2. The fourth-order valence-electron chi connectivity index (χ4n) is 4.33. The van der Waals surface area contributed by atoms with Crippen LogP contribution in [0.4, 0.5) is 28.0 Å². The third-order valence-corrected chi connectivity index (χ3v) is 6.19. The van der Waals surface area contributed by atoms with Crippen LogP contribution < -0.4 is 5.32 Å². The summed E-state index contributed by atoms with van der Waals surface area (Å²) in [5, 5.41) is 8.75. The van der Waals surface area contributed by atoms with E-state index < -0.39 is 29.5 Å². The summed E-state index contributed by atoms with van der Waals surface area (Å²) in [6.07, 6.45) is -2.36. The molecule has 1 aliphatic rings. The maximum Gasteiger partial charge on any atom is 0.451 e. The monoisotopic (exact) mass is 515 g/mol. The molecule has 1 aliphatic carbocycles. The smallest absolute Gasteiger partial charge is 0.444 e. The highest BCUT2D eigenvalue weighted by molar-refractivity contribution is 5.91. The van der Waals surface area contributed by atoms with Gasteiger partial charge in [-0.3, -0.25) is 10.4 Å². The predicted octanol–water partition coefficient (Wildman–Crippen LogP) is 7.32. The molecule has 0 saturated heterocycles. The number of amides is 1. The van der Waals surface area contributed by atoms with E-state index in [1.54, 1.807) is 32.9 Å². The van der Waals surface area contributed by atoms with Gasteiger partial charge in [0.2, 0.25) is 5.82 Å². The average Bonchev–Trinajstić information content (AvgIpc) is 3.37. The zero-order valence-electron chi connectivity index (χ0n) is 20.4. The number of ether oxygens (including phenoxy) is 1. The van der Waals surface area contributed by atoms with Crippen LogP contribution in [0, 0.1) is 5.82 Å². The molecule has 2 aromatic heterocycles. The van der Waals surface area contributed by atoms with Crippen molar-refractivity contribution in [3.63, 3.8) is 0 Å². The van der Waals surface area contributed by atoms with E-state index >= 15 is 4.39 Å². The summed E-state index contributed by atoms with van der Waals surface area (Å²) < 4.78 is 61.4. The summed E-state index contributed by atoms with van der Waals surface area (Å²) >= 11 is 0. The molecule has 1 fully saturated rings. The lowest BCUT2D eigenvalue weighted by Gasteiger charge is -2.30. The Labute approximate surface area is 209 Å². The van der Waals surface area contributed by atoms with Crippen LogP contribution in [0.15, 0.2) is 42.5 Å². The van der Waals surface area contributed by atoms with Crippen LogP contribution in [0.3, 0.4) is 0 Å². The van der Waals surface area contributed by atoms with Crippen LogP contribution in [0.5, 0.6) is 0 Å². The largest absolute Gasteiger partial charge is 0.451 e. The van der Waals surface area contributed by atoms with Crippen LogP contribution >= 0.6 is 0 Å². The van der Waals surface area contributed by atoms with Gasteiger partial charge >= 0.3 is 12.3 Å². The number of carbonyl (C=O) groups is 1. The van der Waals surface area contributed by atoms with Gasteiger partial charge < -0.3 is 9.30 Å². The van der Waals surface area contributed by atoms with E-state index in [2.05, 4.69) is 20.0 Å². The molecule has 194 valence electrons. The molecule has 11 heteroatoms. The quantitative estimate of drug-likeness (QED) is 0.279. The van der Waals surface area contributed by atoms with Crippen molar-refractivity contribution in [2.75, 3.05) is 5.32 Å². The first-order valence-electron chi connectivity index (χ1n) is 11.8. The van der Waals surface area contributed by atoms with Crippen molar-refractivity contribution in [1.29, 1.82) is 0 Å². The summed E-state index contributed by atoms with van der Waals surface area (Å²) in [7, 11) is 0. The molecule has 7 nitrogen and oxygen atoms in total. The number of aromatic amines is 1. The van der Waals surface area contributed by atoms with E-state index in [-0.39, 0.29) is 17.4 Å². The van der Waals surface area contributed by atoms with E-state index in [0.717, 1.165) is 30.5 Å². The van der Waals surface area contributed by atoms with Crippen molar-refractivity contribution in [2.45, 2.75) is 57.9 Å². The highest BCUT2D eigenvalue weighted by atomic mass is 19.4. The predicted molar refractivity (Wildman–Crippen MR) is 130 cm³/mol. The van der Waals surface area contributed by atoms with Gasteiger partial charge in [0.25, 0.3) is 0 Å². The normalized spacial score (nSPS) is 14.6. The maximum absolute atomic E-state index is 15.0. The Bertz CT molecular complexity index is 1460. The van der Waals surface area contributed by atoms with Crippen molar-refractivity contribution in [3.8, 4) is 22.6 Å². The second-order valence-corrected chi connectivity index (χ2v) is 10.1. The molecular weight excluding hydrogens is 490 g/mol. The molecule has 0 spiro atoms. The summed E-state index contributed by atoms with van der Waals surface area (Å²) in [5.41, 5.74) is 2.19. The molecule has 1 saturated carbocycles. The van der Waals surface area contributed by atoms with Gasteiger partial charge in [0.1, 0.15) is 11.4 Å². The first kappa shape index (κ1) is 24.8. The van der Waals surface area contributed by atoms with E-state index in [9.17, 15) is 18.0 Å². The average molecular weight is 516 g/mol. The van der Waals surface area contributed by atoms with Crippen LogP contribution in [-0.4, -0.2) is 31.4 Å². The van der Waals surface area contributed by atoms with Crippen molar-refractivity contribution in [1.82, 2.24) is 19.7 Å². The number of halogens is 4. The fourth-order valence-corrected chi connectivity index (χ4v) is 4.33. The second-order valence-electron chi connectivity index (χ2n) is 10.1. The molecule has 1 amide bonds. The zero-order valence-corrected chi connectivity index (χ0v) is 20.4. The Kier molecular flexibility index (Phi) is 5.96. The Hall–Kier alpha value is -3.89. The first-order chi connectivity index (χ1) is 17.4. The maximum atomic E-state index is 15.0. The van der Waals surface area contributed by atoms with Gasteiger partial charge in [-0.05, 0) is 75.9 Å². The van der Waals surface area contributed by atoms with Crippen molar-refractivity contribution < 1.29 is 27.1 Å². The molecule has 0 atom stereocenters. The number of rotatable bonds is 4. The molecule has 0 unspecified atom stereocenters. The summed E-state index contributed by atoms with van der Waals surface area (Å²) in [6, 6.07) is 12.0. The Balaban J connectivity index is 1.52. The number of anilines is 1. The molecule has 0 bridgehead atoms. The van der Waals surface area contributed by atoms with Crippen LogP contribution in [0.1, 0.15) is 51.9 Å². The highest BCUT2D eigenvalue weighted by Gasteiger charge is 2.36. The number of fused-ring (bicyclic) bond motifs is 1. The number of alkyl halides is 3. The minimum Gasteiger partial charge on any atom is -0.444 e. The third kappa shape index (κ3) is 5.03. The SMILES string of the molecule is CC(C)(C)OC(=O)Nc1ccc(-c2cc3cc(F)c(-c4n[nH]c(C(F)(F)F)n4)cc3n2C2CCC2)cc1. The number of benzene rings is 2. The van der Waals surface area contributed by atoms with E-state index in [1.165, 1.54) is 12.1 Å². The minimum atomic E-state index is -4.71. The van der Waals surface area contributed by atoms with Gasteiger partial charge in [0, 0.05) is 28.3 Å². The molecule has 0 radical (unpaired) electrons. The molecule has 2 aromatic carbocycles. The van der Waals surface area contributed by atoms with Gasteiger partial charge in [-0.25, -0.2) is 14.2 Å². The van der Waals surface area contributed by atoms with Crippen LogP contribution in [-0.2, 0) is 10.9 Å². The lowest BCUT2D eigenvalue weighted by molar-refractivity contribution is -0.144. The Morgan fingerprint density at radius 2 is 1.81 bits per heavy atom. The molecule has 0 aliphatic heterocycles. The number of hydrogen-bond acceptors (Lipinski definition) is 4. The van der Waals surface area contributed by atoms with Crippen molar-refractivity contribution in [2.24, 2.45) is 0 Å². The Morgan fingerprint density at radius 1 is 1.11 bits per heavy atom. The minimum absolute atomic E-state index is 0.110. The van der Waals surface area contributed by atoms with Gasteiger partial charge in [0.15, 0.2) is 5.82 Å². The summed E-state index contributed by atoms with van der Waals surface area (Å²) in [6.45, 7) is 5.34. The summed E-state index contributed by atoms with van der Waals surface area (Å²) in [4.78, 5) is 15.5. The number of carbonyl (C=O) groups excluding carboxylic acids is 1. The topological polar surface area (TPSA) is 84.8 Å². The number of aromatic nitrogens is 4. The summed E-state index contributed by atoms with van der Waals surface area (Å²) in [5.74, 6) is -2.35. The molecule has 2 heterocycles. The third-order valence-electron chi connectivity index (χ3n) is 6.19. The number of H-pyrrole nitrogens is 1. The number of nitrogens with zero attached hydrogens (tertiary/aromatic N) is 3. The van der Waals surface area contributed by atoms with Gasteiger partial charge in [-0.2, -0.15) is 18.3 Å². The highest BCUT2D eigenvalue weighted by Crippen LogP contribution is 2.41. The van der Waals surface area contributed by atoms with E-state index in [0.29, 0.717) is 16.6 Å². The lowest BCUT2D eigenvalue weighted by Crippen LogP contribution is -2.27. The van der Waals surface area contributed by atoms with Crippen LogP contribution in [0.2, 0.25) is 0 Å². The Morgan fingerprint density at radius 3 is 2.38 bits per heavy atom. The van der Waals surface area contributed by atoms with E-state index in [1.807, 2.05) is 23.3 Å². The molecule has 2 N–H and O–H groups in total. The van der Waals surface area contributed by atoms with Crippen LogP contribution in [0.25, 0.3) is 33.5 Å². The fraction of sp³-hybridized carbons (Fsp3) is 0.346. The molecule has 37 heavy (non-hydrogen) atoms. The van der Waals surface area contributed by atoms with Gasteiger partial charge in [-0.1, -0.05) is 12.1 Å². The van der Waals surface area contributed by atoms with Crippen molar-refractivity contribution in [3.05, 3.63) is 54.1 Å². The standard InChI is InChI=1S/C26H25F4N5O2/c1-25(2,3)37-24(36)31-16-9-7-14(8-10-16)20-12-15-11-19(27)18(13-21(15)35(20)17-5-4-6-17)22-32-23(34-33-22)26(28,29)30/h7-13,17H,4-6H2,1-3H3,(H,31,36)(H,32,33,34). The lowest BCUT2D eigenvalue weighted by atomic mass is 9.92. The second kappa shape index (κ2) is 8.89. The zero-order chi connectivity index (χ0) is 26.5. The van der Waals surface area contributed by atoms with E-state index in [4.69, 9.17) is 4.74 Å². The van der Waals surface area contributed by atoms with Crippen molar-refractivity contribution >= 4 is 22.7 Å². The first-order valence-corrected chi connectivity index (χ1v) is 11.8. The molecule has 5 rings (SSSR count).